The van der Waals surface area contributed by atoms with Gasteiger partial charge >= 0.3 is 0 Å². The molecule has 0 spiro atoms. The zero-order valence-electron chi connectivity index (χ0n) is 17.7. The molecule has 0 fully saturated rings. The van der Waals surface area contributed by atoms with E-state index in [1.165, 1.54) is 11.8 Å². The molecule has 1 amide bonds. The monoisotopic (exact) mass is 512 g/mol. The SMILES string of the molecule is O=C(CSc1nnc(-c2ccccc2Cl)n1-c1ccc(Cl)cc1)Nc1ccc2c(c1)OCCO2. The van der Waals surface area contributed by atoms with Crippen LogP contribution in [0, 0.1) is 0 Å². The number of nitrogens with zero attached hydrogens (tertiary/aromatic N) is 3. The molecule has 1 aliphatic heterocycles. The van der Waals surface area contributed by atoms with Gasteiger partial charge in [-0.05, 0) is 48.5 Å². The quantitative estimate of drug-likeness (QED) is 0.331. The number of hydrogen-bond acceptors (Lipinski definition) is 6. The van der Waals surface area contributed by atoms with E-state index >= 15 is 0 Å². The molecule has 0 saturated heterocycles. The van der Waals surface area contributed by atoms with Crippen LogP contribution in [-0.2, 0) is 4.79 Å². The standard InChI is InChI=1S/C24H18Cl2N4O3S/c25-15-5-8-17(9-6-15)30-23(18-3-1-2-4-19(18)26)28-29-24(30)34-14-22(31)27-16-7-10-20-21(13-16)33-12-11-32-20/h1-10,13H,11-12,14H2,(H,27,31). The van der Waals surface area contributed by atoms with Gasteiger partial charge in [-0.15, -0.1) is 10.2 Å². The number of carbonyl (C=O) groups excluding carboxylic acids is 1. The Labute approximate surface area is 210 Å². The number of benzene rings is 3. The number of thioether (sulfide) groups is 1. The van der Waals surface area contributed by atoms with Gasteiger partial charge in [0.15, 0.2) is 22.5 Å². The number of fused-ring (bicyclic) bond motifs is 1. The third-order valence-corrected chi connectivity index (χ3v) is 6.50. The number of halogens is 2. The lowest BCUT2D eigenvalue weighted by Gasteiger charge is -2.19. The molecule has 1 aliphatic rings. The van der Waals surface area contributed by atoms with Crippen molar-refractivity contribution in [1.82, 2.24) is 14.8 Å². The van der Waals surface area contributed by atoms with E-state index in [0.717, 1.165) is 11.3 Å². The first kappa shape index (κ1) is 22.6. The summed E-state index contributed by atoms with van der Waals surface area (Å²) in [5, 5.41) is 13.3. The number of carbonyl (C=O) groups is 1. The van der Waals surface area contributed by atoms with E-state index in [-0.39, 0.29) is 11.7 Å². The Balaban J connectivity index is 1.38. The van der Waals surface area contributed by atoms with Crippen LogP contribution < -0.4 is 14.8 Å². The van der Waals surface area contributed by atoms with Crippen LogP contribution in [0.1, 0.15) is 0 Å². The Hall–Kier alpha value is -3.20. The van der Waals surface area contributed by atoms with Crippen molar-refractivity contribution >= 4 is 46.6 Å². The van der Waals surface area contributed by atoms with Gasteiger partial charge in [0.1, 0.15) is 13.2 Å². The molecular weight excluding hydrogens is 495 g/mol. The Kier molecular flexibility index (Phi) is 6.62. The van der Waals surface area contributed by atoms with Gasteiger partial charge in [0.25, 0.3) is 0 Å². The molecule has 1 N–H and O–H groups in total. The predicted octanol–water partition coefficient (Wildman–Crippen LogP) is 5.74. The van der Waals surface area contributed by atoms with Crippen molar-refractivity contribution in [1.29, 1.82) is 0 Å². The molecule has 0 bridgehead atoms. The first-order chi connectivity index (χ1) is 16.6. The second-order valence-corrected chi connectivity index (χ2v) is 9.08. The normalized spacial score (nSPS) is 12.4. The number of amides is 1. The Bertz CT molecular complexity index is 1340. The topological polar surface area (TPSA) is 78.3 Å². The zero-order valence-corrected chi connectivity index (χ0v) is 20.0. The Morgan fingerprint density at radius 2 is 1.74 bits per heavy atom. The van der Waals surface area contributed by atoms with Crippen LogP contribution in [0.2, 0.25) is 10.0 Å². The number of ether oxygens (including phenoxy) is 2. The fourth-order valence-electron chi connectivity index (χ4n) is 3.45. The lowest BCUT2D eigenvalue weighted by atomic mass is 10.2. The molecule has 0 unspecified atom stereocenters. The highest BCUT2D eigenvalue weighted by Crippen LogP contribution is 2.34. The smallest absolute Gasteiger partial charge is 0.234 e. The van der Waals surface area contributed by atoms with Gasteiger partial charge in [0.2, 0.25) is 5.91 Å². The molecule has 10 heteroatoms. The predicted molar refractivity (Wildman–Crippen MR) is 134 cm³/mol. The largest absolute Gasteiger partial charge is 0.486 e. The van der Waals surface area contributed by atoms with Gasteiger partial charge in [-0.3, -0.25) is 9.36 Å². The first-order valence-electron chi connectivity index (χ1n) is 10.4. The van der Waals surface area contributed by atoms with Gasteiger partial charge in [-0.1, -0.05) is 47.1 Å². The lowest BCUT2D eigenvalue weighted by Crippen LogP contribution is -2.17. The fourth-order valence-corrected chi connectivity index (χ4v) is 4.55. The van der Waals surface area contributed by atoms with E-state index in [2.05, 4.69) is 15.5 Å². The third-order valence-electron chi connectivity index (χ3n) is 4.99. The Morgan fingerprint density at radius 1 is 0.971 bits per heavy atom. The van der Waals surface area contributed by atoms with Crippen LogP contribution in [0.5, 0.6) is 11.5 Å². The van der Waals surface area contributed by atoms with Crippen LogP contribution in [0.4, 0.5) is 5.69 Å². The van der Waals surface area contributed by atoms with E-state index in [9.17, 15) is 4.79 Å². The molecule has 34 heavy (non-hydrogen) atoms. The van der Waals surface area contributed by atoms with Crippen molar-refractivity contribution in [3.63, 3.8) is 0 Å². The van der Waals surface area contributed by atoms with Crippen LogP contribution in [0.3, 0.4) is 0 Å². The van der Waals surface area contributed by atoms with E-state index in [4.69, 9.17) is 32.7 Å². The minimum absolute atomic E-state index is 0.128. The molecule has 3 aromatic carbocycles. The summed E-state index contributed by atoms with van der Waals surface area (Å²) in [6.45, 7) is 0.994. The van der Waals surface area contributed by atoms with Crippen LogP contribution in [0.15, 0.2) is 71.9 Å². The minimum Gasteiger partial charge on any atom is -0.486 e. The highest BCUT2D eigenvalue weighted by molar-refractivity contribution is 7.99. The number of aromatic nitrogens is 3. The van der Waals surface area contributed by atoms with E-state index in [1.807, 2.05) is 34.9 Å². The van der Waals surface area contributed by atoms with Gasteiger partial charge in [0, 0.05) is 28.0 Å². The zero-order chi connectivity index (χ0) is 23.5. The molecule has 7 nitrogen and oxygen atoms in total. The summed E-state index contributed by atoms with van der Waals surface area (Å²) in [7, 11) is 0. The molecule has 5 rings (SSSR count). The summed E-state index contributed by atoms with van der Waals surface area (Å²) in [6.07, 6.45) is 0. The summed E-state index contributed by atoms with van der Waals surface area (Å²) >= 11 is 13.8. The van der Waals surface area contributed by atoms with Crippen molar-refractivity contribution in [2.24, 2.45) is 0 Å². The van der Waals surface area contributed by atoms with E-state index in [1.54, 1.807) is 36.4 Å². The Morgan fingerprint density at radius 3 is 2.53 bits per heavy atom. The minimum atomic E-state index is -0.188. The maximum absolute atomic E-state index is 12.7. The maximum atomic E-state index is 12.7. The summed E-state index contributed by atoms with van der Waals surface area (Å²) in [5.74, 6) is 1.79. The van der Waals surface area contributed by atoms with Gasteiger partial charge in [0.05, 0.1) is 10.8 Å². The highest BCUT2D eigenvalue weighted by atomic mass is 35.5. The second-order valence-electron chi connectivity index (χ2n) is 7.29. The third kappa shape index (κ3) is 4.84. The number of rotatable bonds is 6. The van der Waals surface area contributed by atoms with Gasteiger partial charge in [-0.25, -0.2) is 0 Å². The molecule has 2 heterocycles. The summed E-state index contributed by atoms with van der Waals surface area (Å²) in [4.78, 5) is 12.7. The average Bonchev–Trinajstić information content (AvgIpc) is 3.27. The van der Waals surface area contributed by atoms with Crippen molar-refractivity contribution < 1.29 is 14.3 Å². The maximum Gasteiger partial charge on any atom is 0.234 e. The average molecular weight is 513 g/mol. The summed E-state index contributed by atoms with van der Waals surface area (Å²) in [6, 6.07) is 20.0. The molecular formula is C24H18Cl2N4O3S. The van der Waals surface area contributed by atoms with Crippen LogP contribution >= 0.6 is 35.0 Å². The summed E-state index contributed by atoms with van der Waals surface area (Å²) < 4.78 is 13.0. The molecule has 0 atom stereocenters. The fraction of sp³-hybridized carbons (Fsp3) is 0.125. The second kappa shape index (κ2) is 9.97. The number of nitrogens with one attached hydrogen (secondary N) is 1. The van der Waals surface area contributed by atoms with Gasteiger partial charge < -0.3 is 14.8 Å². The van der Waals surface area contributed by atoms with Crippen LogP contribution in [-0.4, -0.2) is 39.6 Å². The van der Waals surface area contributed by atoms with Crippen molar-refractivity contribution in [3.05, 3.63) is 76.8 Å². The van der Waals surface area contributed by atoms with Gasteiger partial charge in [-0.2, -0.15) is 0 Å². The molecule has 172 valence electrons. The number of anilines is 1. The molecule has 1 aromatic heterocycles. The van der Waals surface area contributed by atoms with Crippen LogP contribution in [0.25, 0.3) is 17.1 Å². The molecule has 0 aliphatic carbocycles. The van der Waals surface area contributed by atoms with Crippen molar-refractivity contribution in [2.75, 3.05) is 24.3 Å². The first-order valence-corrected chi connectivity index (χ1v) is 12.1. The van der Waals surface area contributed by atoms with Crippen molar-refractivity contribution in [2.45, 2.75) is 5.16 Å². The van der Waals surface area contributed by atoms with Crippen molar-refractivity contribution in [3.8, 4) is 28.6 Å². The summed E-state index contributed by atoms with van der Waals surface area (Å²) in [5.41, 5.74) is 2.17. The van der Waals surface area contributed by atoms with E-state index < -0.39 is 0 Å². The molecule has 0 radical (unpaired) electrons. The molecule has 4 aromatic rings. The van der Waals surface area contributed by atoms with E-state index in [0.29, 0.717) is 51.4 Å². The number of hydrogen-bond donors (Lipinski definition) is 1. The lowest BCUT2D eigenvalue weighted by molar-refractivity contribution is -0.113. The highest BCUT2D eigenvalue weighted by Gasteiger charge is 2.19. The molecule has 0 saturated carbocycles.